The molecule has 0 aliphatic carbocycles. The second-order valence-electron chi connectivity index (χ2n) is 2.11. The van der Waals surface area contributed by atoms with E-state index in [2.05, 4.69) is 9.97 Å². The molecule has 0 spiro atoms. The standard InChI is InChI=1S/C6H3ClFN3S.C2H6/c7-5-4-1-2-11(12-8)6(4)10-3-9-5;1-2/h1-3H;1-2H3. The van der Waals surface area contributed by atoms with Crippen molar-refractivity contribution in [1.82, 2.24) is 13.9 Å². The molecule has 0 aromatic carbocycles. The molecule has 3 nitrogen and oxygen atoms in total. The third kappa shape index (κ3) is 1.99. The van der Waals surface area contributed by atoms with Crippen molar-refractivity contribution in [1.29, 1.82) is 0 Å². The number of hydrogen-bond donors (Lipinski definition) is 0. The molecular formula is C8H9ClFN3S. The summed E-state index contributed by atoms with van der Waals surface area (Å²) in [5, 5.41) is 0.997. The summed E-state index contributed by atoms with van der Waals surface area (Å²) in [6.07, 6.45) is 2.85. The van der Waals surface area contributed by atoms with Crippen LogP contribution < -0.4 is 0 Å². The molecule has 0 atom stereocenters. The van der Waals surface area contributed by atoms with Crippen LogP contribution in [0, 0.1) is 0 Å². The van der Waals surface area contributed by atoms with Crippen LogP contribution in [0.15, 0.2) is 18.6 Å². The van der Waals surface area contributed by atoms with Crippen LogP contribution in [0.3, 0.4) is 0 Å². The summed E-state index contributed by atoms with van der Waals surface area (Å²) < 4.78 is 13.5. The van der Waals surface area contributed by atoms with Crippen molar-refractivity contribution in [2.75, 3.05) is 0 Å². The lowest BCUT2D eigenvalue weighted by Crippen LogP contribution is -1.85. The van der Waals surface area contributed by atoms with Gasteiger partial charge in [0, 0.05) is 6.20 Å². The Hall–Kier alpha value is -0.810. The summed E-state index contributed by atoms with van der Waals surface area (Å²) in [6, 6.07) is 1.67. The molecule has 14 heavy (non-hydrogen) atoms. The lowest BCUT2D eigenvalue weighted by molar-refractivity contribution is 0.919. The largest absolute Gasteiger partial charge is 0.247 e. The van der Waals surface area contributed by atoms with Gasteiger partial charge in [0.25, 0.3) is 0 Å². The Kier molecular flexibility index (Phi) is 4.16. The van der Waals surface area contributed by atoms with E-state index < -0.39 is 0 Å². The zero-order valence-electron chi connectivity index (χ0n) is 7.74. The first-order valence-electron chi connectivity index (χ1n) is 4.09. The van der Waals surface area contributed by atoms with Crippen molar-refractivity contribution in [2.24, 2.45) is 0 Å². The van der Waals surface area contributed by atoms with E-state index in [0.717, 1.165) is 0 Å². The van der Waals surface area contributed by atoms with Gasteiger partial charge in [-0.2, -0.15) is 0 Å². The van der Waals surface area contributed by atoms with E-state index >= 15 is 0 Å². The minimum Gasteiger partial charge on any atom is -0.247 e. The predicted octanol–water partition coefficient (Wildman–Crippen LogP) is 3.49. The molecule has 0 unspecified atom stereocenters. The Balaban J connectivity index is 0.000000461. The van der Waals surface area contributed by atoms with E-state index in [-0.39, 0.29) is 12.3 Å². The lowest BCUT2D eigenvalue weighted by atomic mass is 10.4. The van der Waals surface area contributed by atoms with Gasteiger partial charge in [0.2, 0.25) is 0 Å². The lowest BCUT2D eigenvalue weighted by Gasteiger charge is -1.94. The van der Waals surface area contributed by atoms with Gasteiger partial charge in [-0.1, -0.05) is 25.4 Å². The van der Waals surface area contributed by atoms with Crippen molar-refractivity contribution >= 4 is 35.0 Å². The molecule has 2 aromatic heterocycles. The first-order chi connectivity index (χ1) is 6.83. The third-order valence-corrected chi connectivity index (χ3v) is 2.22. The SMILES string of the molecule is CC.FSn1ccc2c(Cl)ncnc21. The highest BCUT2D eigenvalue weighted by Gasteiger charge is 2.05. The summed E-state index contributed by atoms with van der Waals surface area (Å²) in [7, 11) is 0. The smallest absolute Gasteiger partial charge is 0.171 e. The molecule has 2 heterocycles. The molecule has 0 N–H and O–H groups in total. The van der Waals surface area contributed by atoms with Crippen LogP contribution in [0.25, 0.3) is 11.0 Å². The van der Waals surface area contributed by atoms with Gasteiger partial charge in [-0.15, -0.1) is 3.89 Å². The van der Waals surface area contributed by atoms with Crippen molar-refractivity contribution < 1.29 is 3.89 Å². The average molecular weight is 234 g/mol. The minimum absolute atomic E-state index is 0.0814. The highest BCUT2D eigenvalue weighted by atomic mass is 35.5. The number of rotatable bonds is 1. The molecule has 0 saturated carbocycles. The molecule has 2 rings (SSSR count). The van der Waals surface area contributed by atoms with Crippen molar-refractivity contribution in [3.63, 3.8) is 0 Å². The summed E-state index contributed by atoms with van der Waals surface area (Å²) >= 11 is 5.81. The first kappa shape index (κ1) is 11.3. The molecule has 0 saturated heterocycles. The fourth-order valence-electron chi connectivity index (χ4n) is 0.953. The van der Waals surface area contributed by atoms with Gasteiger partial charge in [0.05, 0.1) is 5.39 Å². The van der Waals surface area contributed by atoms with Gasteiger partial charge < -0.3 is 0 Å². The Morgan fingerprint density at radius 1 is 1.43 bits per heavy atom. The van der Waals surface area contributed by atoms with E-state index in [0.29, 0.717) is 16.2 Å². The van der Waals surface area contributed by atoms with E-state index in [1.807, 2.05) is 13.8 Å². The van der Waals surface area contributed by atoms with E-state index in [1.165, 1.54) is 10.3 Å². The van der Waals surface area contributed by atoms with Gasteiger partial charge in [-0.25, -0.2) is 13.9 Å². The number of aromatic nitrogens is 3. The summed E-state index contributed by atoms with van der Waals surface area (Å²) in [5.41, 5.74) is 0.488. The van der Waals surface area contributed by atoms with Gasteiger partial charge in [0.15, 0.2) is 18.0 Å². The second kappa shape index (κ2) is 5.17. The van der Waals surface area contributed by atoms with Crippen LogP contribution >= 0.6 is 23.9 Å². The molecular weight excluding hydrogens is 225 g/mol. The topological polar surface area (TPSA) is 30.7 Å². The Labute approximate surface area is 90.7 Å². The maximum absolute atomic E-state index is 12.2. The zero-order valence-corrected chi connectivity index (χ0v) is 9.31. The van der Waals surface area contributed by atoms with Gasteiger partial charge in [-0.05, 0) is 6.07 Å². The highest BCUT2D eigenvalue weighted by molar-refractivity contribution is 7.92. The Morgan fingerprint density at radius 2 is 2.14 bits per heavy atom. The van der Waals surface area contributed by atoms with Crippen LogP contribution in [0.2, 0.25) is 5.15 Å². The predicted molar refractivity (Wildman–Crippen MR) is 58.0 cm³/mol. The first-order valence-corrected chi connectivity index (χ1v) is 5.15. The van der Waals surface area contributed by atoms with Gasteiger partial charge >= 0.3 is 0 Å². The number of hydrogen-bond acceptors (Lipinski definition) is 3. The van der Waals surface area contributed by atoms with E-state index in [9.17, 15) is 3.89 Å². The van der Waals surface area contributed by atoms with Crippen LogP contribution in [0.4, 0.5) is 3.89 Å². The summed E-state index contributed by atoms with van der Waals surface area (Å²) in [4.78, 5) is 7.64. The van der Waals surface area contributed by atoms with Crippen molar-refractivity contribution in [2.45, 2.75) is 13.8 Å². The fraction of sp³-hybridized carbons (Fsp3) is 0.250. The average Bonchev–Trinajstić information content (AvgIpc) is 2.65. The molecule has 2 aromatic rings. The molecule has 0 fully saturated rings. The summed E-state index contributed by atoms with van der Waals surface area (Å²) in [5.74, 6) is 0. The molecule has 6 heteroatoms. The van der Waals surface area contributed by atoms with Crippen LogP contribution in [-0.2, 0) is 0 Å². The van der Waals surface area contributed by atoms with Crippen molar-refractivity contribution in [3.8, 4) is 0 Å². The van der Waals surface area contributed by atoms with E-state index in [1.54, 1.807) is 12.3 Å². The third-order valence-electron chi connectivity index (χ3n) is 1.47. The highest BCUT2D eigenvalue weighted by Crippen LogP contribution is 2.23. The second-order valence-corrected chi connectivity index (χ2v) is 3.00. The van der Waals surface area contributed by atoms with Gasteiger partial charge in [0.1, 0.15) is 11.5 Å². The number of halogens is 2. The molecule has 76 valence electrons. The van der Waals surface area contributed by atoms with E-state index in [4.69, 9.17) is 11.6 Å². The number of nitrogens with zero attached hydrogens (tertiary/aromatic N) is 3. The number of fused-ring (bicyclic) bond motifs is 1. The molecule has 0 aliphatic heterocycles. The minimum atomic E-state index is 0.0814. The van der Waals surface area contributed by atoms with Crippen LogP contribution in [-0.4, -0.2) is 13.9 Å². The molecule has 0 radical (unpaired) electrons. The van der Waals surface area contributed by atoms with Crippen LogP contribution in [0.5, 0.6) is 0 Å². The fourth-order valence-corrected chi connectivity index (χ4v) is 1.46. The Bertz CT molecular complexity index is 418. The zero-order chi connectivity index (χ0) is 10.6. The maximum atomic E-state index is 12.2. The maximum Gasteiger partial charge on any atom is 0.171 e. The molecule has 0 amide bonds. The normalized spacial score (nSPS) is 9.71. The quantitative estimate of drug-likeness (QED) is 0.707. The molecule has 0 bridgehead atoms. The van der Waals surface area contributed by atoms with Crippen molar-refractivity contribution in [3.05, 3.63) is 23.7 Å². The van der Waals surface area contributed by atoms with Gasteiger partial charge in [-0.3, -0.25) is 0 Å². The Morgan fingerprint density at radius 3 is 2.79 bits per heavy atom. The van der Waals surface area contributed by atoms with Crippen LogP contribution in [0.1, 0.15) is 13.8 Å². The molecule has 0 aliphatic rings. The monoisotopic (exact) mass is 233 g/mol. The summed E-state index contributed by atoms with van der Waals surface area (Å²) in [6.45, 7) is 4.00.